The Hall–Kier alpha value is -3.06. The fraction of sp³-hybridized carbons (Fsp3) is 0.321. The number of aliphatic hydroxyl groups excluding tert-OH is 1. The second kappa shape index (κ2) is 11.8. The Morgan fingerprint density at radius 1 is 1.21 bits per heavy atom. The zero-order valence-electron chi connectivity index (χ0n) is 21.9. The molecule has 0 bridgehead atoms. The Morgan fingerprint density at radius 3 is 2.61 bits per heavy atom. The summed E-state index contributed by atoms with van der Waals surface area (Å²) in [5.74, 6) is 1.85. The maximum absolute atomic E-state index is 10.8. The zero-order valence-corrected chi connectivity index (χ0v) is 24.1. The summed E-state index contributed by atoms with van der Waals surface area (Å²) in [6, 6.07) is 15.2. The summed E-state index contributed by atoms with van der Waals surface area (Å²) in [7, 11) is 0. The molecule has 200 valence electrons. The Bertz CT molecular complexity index is 1320. The monoisotopic (exact) mass is 628 g/mol. The molecule has 1 aliphatic heterocycles. The molecule has 9 nitrogen and oxygen atoms in total. The number of hydrogen-bond acceptors (Lipinski definition) is 9. The summed E-state index contributed by atoms with van der Waals surface area (Å²) in [6.45, 7) is 8.81. The molecular weight excluding hydrogens is 595 g/mol. The molecule has 0 saturated heterocycles. The van der Waals surface area contributed by atoms with Gasteiger partial charge in [-0.15, -0.1) is 0 Å². The fourth-order valence-corrected chi connectivity index (χ4v) is 4.41. The Balaban J connectivity index is 1.58. The molecule has 1 aliphatic rings. The van der Waals surface area contributed by atoms with Crippen LogP contribution in [0.5, 0.6) is 5.75 Å². The summed E-state index contributed by atoms with van der Waals surface area (Å²) in [5.41, 5.74) is 10.3. The molecule has 1 aromatic heterocycles. The number of aromatic nitrogens is 2. The normalized spacial score (nSPS) is 15.2. The van der Waals surface area contributed by atoms with Crippen molar-refractivity contribution in [2.75, 3.05) is 5.32 Å². The molecule has 0 aliphatic carbocycles. The van der Waals surface area contributed by atoms with E-state index in [1.807, 2.05) is 79.3 Å². The van der Waals surface area contributed by atoms with Gasteiger partial charge in [-0.3, -0.25) is 0 Å². The van der Waals surface area contributed by atoms with E-state index in [4.69, 9.17) is 30.6 Å². The third-order valence-electron chi connectivity index (χ3n) is 6.10. The molecule has 2 aromatic carbocycles. The SMILES string of the molecule is CC(Oc1cccc(-c2nc3c(c(Nc4ccc(/C(C=N)=C/N)cc4)n2)COC3)c1)C(O)N(I)C(C)(C)C. The van der Waals surface area contributed by atoms with Crippen molar-refractivity contribution in [1.82, 2.24) is 13.1 Å². The minimum Gasteiger partial charge on any atom is -0.487 e. The van der Waals surface area contributed by atoms with Crippen molar-refractivity contribution in [2.24, 2.45) is 5.73 Å². The van der Waals surface area contributed by atoms with Gasteiger partial charge in [-0.2, -0.15) is 0 Å². The lowest BCUT2D eigenvalue weighted by atomic mass is 10.1. The molecule has 0 fully saturated rings. The smallest absolute Gasteiger partial charge is 0.162 e. The Morgan fingerprint density at radius 2 is 1.95 bits per heavy atom. The molecule has 38 heavy (non-hydrogen) atoms. The number of benzene rings is 2. The van der Waals surface area contributed by atoms with Gasteiger partial charge in [0.2, 0.25) is 0 Å². The van der Waals surface area contributed by atoms with Gasteiger partial charge in [0.1, 0.15) is 17.7 Å². The van der Waals surface area contributed by atoms with Crippen molar-refractivity contribution in [2.45, 2.75) is 58.8 Å². The van der Waals surface area contributed by atoms with Gasteiger partial charge in [0.15, 0.2) is 12.1 Å². The minimum atomic E-state index is -0.787. The lowest BCUT2D eigenvalue weighted by Crippen LogP contribution is -2.47. The highest BCUT2D eigenvalue weighted by atomic mass is 127. The van der Waals surface area contributed by atoms with Crippen LogP contribution in [-0.2, 0) is 18.0 Å². The standard InChI is InChI=1S/C28H33IN6O3/c1-17(27(36)35(29)28(2,3)4)38-22-7-5-6-19(12-22)25-33-24-16-37-15-23(24)26(34-25)32-21-10-8-18(9-11-21)20(13-30)14-31/h5-14,17,27,30,36H,15-16,31H2,1-4H3,(H,32,33,34)/b20-14+,30-13?. The first-order chi connectivity index (χ1) is 18.1. The molecule has 2 heterocycles. The highest BCUT2D eigenvalue weighted by Crippen LogP contribution is 2.32. The van der Waals surface area contributed by atoms with Crippen molar-refractivity contribution < 1.29 is 14.6 Å². The fourth-order valence-electron chi connectivity index (χ4n) is 3.96. The van der Waals surface area contributed by atoms with Gasteiger partial charge in [-0.05, 0) is 57.5 Å². The van der Waals surface area contributed by atoms with Gasteiger partial charge in [-0.25, -0.2) is 13.1 Å². The maximum atomic E-state index is 10.8. The maximum Gasteiger partial charge on any atom is 0.162 e. The van der Waals surface area contributed by atoms with E-state index in [-0.39, 0.29) is 5.54 Å². The van der Waals surface area contributed by atoms with Gasteiger partial charge < -0.3 is 31.0 Å². The highest BCUT2D eigenvalue weighted by molar-refractivity contribution is 14.1. The molecule has 0 spiro atoms. The van der Waals surface area contributed by atoms with Crippen LogP contribution in [0.1, 0.15) is 44.5 Å². The number of aliphatic hydroxyl groups is 1. The summed E-state index contributed by atoms with van der Waals surface area (Å²) in [5, 5.41) is 21.6. The minimum absolute atomic E-state index is 0.215. The summed E-state index contributed by atoms with van der Waals surface area (Å²) < 4.78 is 13.6. The number of nitrogens with two attached hydrogens (primary N) is 1. The summed E-state index contributed by atoms with van der Waals surface area (Å²) in [6.07, 6.45) is 1.40. The summed E-state index contributed by atoms with van der Waals surface area (Å²) in [4.78, 5) is 9.60. The van der Waals surface area contributed by atoms with Crippen molar-refractivity contribution in [3.63, 3.8) is 0 Å². The van der Waals surface area contributed by atoms with Crippen LogP contribution >= 0.6 is 22.9 Å². The molecule has 10 heteroatoms. The predicted molar refractivity (Wildman–Crippen MR) is 158 cm³/mol. The number of allylic oxidation sites excluding steroid dienone is 1. The Kier molecular flexibility index (Phi) is 8.66. The van der Waals surface area contributed by atoms with E-state index in [2.05, 4.69) is 28.2 Å². The number of anilines is 2. The van der Waals surface area contributed by atoms with Crippen LogP contribution < -0.4 is 15.8 Å². The third kappa shape index (κ3) is 6.32. The van der Waals surface area contributed by atoms with Crippen LogP contribution in [0, 0.1) is 5.41 Å². The van der Waals surface area contributed by atoms with Crippen LogP contribution in [-0.4, -0.2) is 42.3 Å². The number of hydrogen-bond donors (Lipinski definition) is 4. The molecule has 3 aromatic rings. The van der Waals surface area contributed by atoms with Crippen LogP contribution in [0.4, 0.5) is 11.5 Å². The quantitative estimate of drug-likeness (QED) is 0.107. The molecular formula is C28H33IN6O3. The van der Waals surface area contributed by atoms with Gasteiger partial charge in [0.05, 0.1) is 18.9 Å². The van der Waals surface area contributed by atoms with Crippen LogP contribution in [0.2, 0.25) is 0 Å². The van der Waals surface area contributed by atoms with Crippen LogP contribution in [0.25, 0.3) is 17.0 Å². The second-order valence-electron chi connectivity index (χ2n) is 10.0. The molecule has 2 unspecified atom stereocenters. The van der Waals surface area contributed by atoms with Gasteiger partial charge in [0, 0.05) is 63.2 Å². The van der Waals surface area contributed by atoms with E-state index in [0.29, 0.717) is 36.2 Å². The van der Waals surface area contributed by atoms with Crippen LogP contribution in [0.15, 0.2) is 54.7 Å². The zero-order chi connectivity index (χ0) is 27.4. The predicted octanol–water partition coefficient (Wildman–Crippen LogP) is 5.40. The number of halogens is 1. The van der Waals surface area contributed by atoms with E-state index in [1.54, 1.807) is 0 Å². The average molecular weight is 629 g/mol. The van der Waals surface area contributed by atoms with Gasteiger partial charge in [0.25, 0.3) is 0 Å². The Labute approximate surface area is 237 Å². The summed E-state index contributed by atoms with van der Waals surface area (Å²) >= 11 is 2.13. The molecule has 5 N–H and O–H groups in total. The molecule has 2 atom stereocenters. The van der Waals surface area contributed by atoms with E-state index < -0.39 is 12.3 Å². The first-order valence-corrected chi connectivity index (χ1v) is 13.2. The first kappa shape index (κ1) is 28.0. The first-order valence-electron chi connectivity index (χ1n) is 12.3. The number of fused-ring (bicyclic) bond motifs is 1. The van der Waals surface area contributed by atoms with Gasteiger partial charge >= 0.3 is 0 Å². The van der Waals surface area contributed by atoms with E-state index >= 15 is 0 Å². The largest absolute Gasteiger partial charge is 0.487 e. The number of nitrogens with zero attached hydrogens (tertiary/aromatic N) is 3. The highest BCUT2D eigenvalue weighted by Gasteiger charge is 2.30. The van der Waals surface area contributed by atoms with Crippen LogP contribution in [0.3, 0.4) is 0 Å². The van der Waals surface area contributed by atoms with E-state index in [0.717, 1.165) is 28.1 Å². The lowest BCUT2D eigenvalue weighted by Gasteiger charge is -2.36. The molecule has 4 rings (SSSR count). The number of nitrogens with one attached hydrogen (secondary N) is 2. The van der Waals surface area contributed by atoms with Crippen molar-refractivity contribution >= 4 is 46.2 Å². The lowest BCUT2D eigenvalue weighted by molar-refractivity contribution is -0.0388. The number of ether oxygens (including phenoxy) is 2. The van der Waals surface area contributed by atoms with E-state index in [1.165, 1.54) is 12.4 Å². The third-order valence-corrected chi connectivity index (χ3v) is 8.12. The average Bonchev–Trinajstić information content (AvgIpc) is 3.38. The molecule has 0 radical (unpaired) electrons. The number of rotatable bonds is 9. The van der Waals surface area contributed by atoms with E-state index in [9.17, 15) is 5.11 Å². The van der Waals surface area contributed by atoms with Crippen molar-refractivity contribution in [3.05, 3.63) is 71.6 Å². The molecule has 0 amide bonds. The second-order valence-corrected chi connectivity index (χ2v) is 11.1. The molecule has 0 saturated carbocycles. The van der Waals surface area contributed by atoms with Crippen molar-refractivity contribution in [3.8, 4) is 17.1 Å². The van der Waals surface area contributed by atoms with Gasteiger partial charge in [-0.1, -0.05) is 24.3 Å². The topological polar surface area (TPSA) is 130 Å². The van der Waals surface area contributed by atoms with Crippen molar-refractivity contribution in [1.29, 1.82) is 5.41 Å².